The second kappa shape index (κ2) is 7.32. The monoisotopic (exact) mass is 406 g/mol. The van der Waals surface area contributed by atoms with Gasteiger partial charge in [0.25, 0.3) is 5.91 Å². The van der Waals surface area contributed by atoms with Gasteiger partial charge in [0.1, 0.15) is 0 Å². The number of benzene rings is 2. The van der Waals surface area contributed by atoms with Crippen LogP contribution < -0.4 is 5.32 Å². The fourth-order valence-corrected chi connectivity index (χ4v) is 5.05. The summed E-state index contributed by atoms with van der Waals surface area (Å²) >= 11 is 6.40. The zero-order chi connectivity index (χ0) is 19.8. The van der Waals surface area contributed by atoms with Crippen molar-refractivity contribution in [2.75, 3.05) is 13.1 Å². The molecule has 2 aromatic carbocycles. The third-order valence-corrected chi connectivity index (χ3v) is 6.56. The molecule has 5 nitrogen and oxygen atoms in total. The molecular formula is C23H23ClN4O. The first-order chi connectivity index (χ1) is 14.1. The van der Waals surface area contributed by atoms with Crippen LogP contribution in [0.25, 0.3) is 5.69 Å². The number of halogens is 1. The number of hydrogen-bond acceptors (Lipinski definition) is 3. The van der Waals surface area contributed by atoms with E-state index in [1.807, 2.05) is 24.4 Å². The van der Waals surface area contributed by atoms with Gasteiger partial charge in [0, 0.05) is 37.6 Å². The first-order valence-electron chi connectivity index (χ1n) is 10.00. The number of fused-ring (bicyclic) bond motifs is 1. The maximum absolute atomic E-state index is 12.8. The number of amides is 1. The molecule has 1 N–H and O–H groups in total. The molecule has 1 aliphatic carbocycles. The first kappa shape index (κ1) is 18.4. The van der Waals surface area contributed by atoms with Crippen molar-refractivity contribution < 1.29 is 4.79 Å². The molecule has 0 unspecified atom stereocenters. The number of carbonyl (C=O) groups is 1. The number of aromatic nitrogens is 2. The van der Waals surface area contributed by atoms with E-state index in [2.05, 4.69) is 39.6 Å². The van der Waals surface area contributed by atoms with Crippen LogP contribution in [0.3, 0.4) is 0 Å². The Morgan fingerprint density at radius 2 is 2.00 bits per heavy atom. The zero-order valence-electron chi connectivity index (χ0n) is 16.1. The number of hydrogen-bond donors (Lipinski definition) is 1. The summed E-state index contributed by atoms with van der Waals surface area (Å²) in [5.41, 5.74) is 2.74. The minimum absolute atomic E-state index is 0.0810. The molecule has 3 aromatic rings. The molecule has 1 aromatic heterocycles. The Balaban J connectivity index is 1.26. The topological polar surface area (TPSA) is 50.2 Å². The van der Waals surface area contributed by atoms with Crippen molar-refractivity contribution in [2.24, 2.45) is 5.92 Å². The van der Waals surface area contributed by atoms with Crippen LogP contribution in [-0.2, 0) is 6.54 Å². The van der Waals surface area contributed by atoms with Gasteiger partial charge >= 0.3 is 0 Å². The number of nitrogens with zero attached hydrogens (tertiary/aromatic N) is 3. The fourth-order valence-electron chi connectivity index (χ4n) is 4.79. The molecule has 2 aliphatic heterocycles. The molecule has 3 aliphatic rings. The summed E-state index contributed by atoms with van der Waals surface area (Å²) in [6.45, 7) is 2.71. The van der Waals surface area contributed by atoms with Crippen LogP contribution in [0, 0.1) is 5.92 Å². The van der Waals surface area contributed by atoms with E-state index in [-0.39, 0.29) is 11.4 Å². The van der Waals surface area contributed by atoms with Gasteiger partial charge in [-0.05, 0) is 48.6 Å². The summed E-state index contributed by atoms with van der Waals surface area (Å²) < 4.78 is 1.72. The zero-order valence-corrected chi connectivity index (χ0v) is 16.8. The Kier molecular flexibility index (Phi) is 4.64. The van der Waals surface area contributed by atoms with Crippen molar-refractivity contribution in [3.63, 3.8) is 0 Å². The highest BCUT2D eigenvalue weighted by Crippen LogP contribution is 2.50. The summed E-state index contributed by atoms with van der Waals surface area (Å²) in [6.07, 6.45) is 5.87. The molecule has 148 valence electrons. The van der Waals surface area contributed by atoms with Crippen molar-refractivity contribution in [3.05, 3.63) is 83.1 Å². The predicted molar refractivity (Wildman–Crippen MR) is 113 cm³/mol. The third-order valence-electron chi connectivity index (χ3n) is 6.25. The van der Waals surface area contributed by atoms with Gasteiger partial charge < -0.3 is 5.32 Å². The average molecular weight is 407 g/mol. The second-order valence-corrected chi connectivity index (χ2v) is 8.57. The largest absolute Gasteiger partial charge is 0.350 e. The van der Waals surface area contributed by atoms with E-state index in [1.165, 1.54) is 5.56 Å². The quantitative estimate of drug-likeness (QED) is 0.675. The van der Waals surface area contributed by atoms with Gasteiger partial charge in [-0.3, -0.25) is 9.69 Å². The van der Waals surface area contributed by atoms with Crippen molar-refractivity contribution >= 4 is 17.5 Å². The molecular weight excluding hydrogens is 384 g/mol. The molecule has 29 heavy (non-hydrogen) atoms. The predicted octanol–water partition coefficient (Wildman–Crippen LogP) is 3.92. The highest BCUT2D eigenvalue weighted by atomic mass is 35.5. The Morgan fingerprint density at radius 3 is 2.72 bits per heavy atom. The van der Waals surface area contributed by atoms with Crippen LogP contribution in [0.1, 0.15) is 28.8 Å². The van der Waals surface area contributed by atoms with E-state index in [9.17, 15) is 4.79 Å². The summed E-state index contributed by atoms with van der Waals surface area (Å²) in [5, 5.41) is 7.78. The maximum Gasteiger partial charge on any atom is 0.252 e. The Bertz CT molecular complexity index is 1010. The first-order valence-corrected chi connectivity index (χ1v) is 10.4. The molecule has 3 heterocycles. The van der Waals surface area contributed by atoms with E-state index >= 15 is 0 Å². The summed E-state index contributed by atoms with van der Waals surface area (Å²) in [6, 6.07) is 17.8. The third kappa shape index (κ3) is 3.45. The van der Waals surface area contributed by atoms with Crippen LogP contribution in [0.5, 0.6) is 0 Å². The van der Waals surface area contributed by atoms with E-state index in [1.54, 1.807) is 23.0 Å². The number of rotatable bonds is 6. The molecule has 0 radical (unpaired) electrons. The van der Waals surface area contributed by atoms with Crippen LogP contribution >= 0.6 is 11.6 Å². The standard InChI is InChI=1S/C23H23ClN4O/c24-21-11-19(28-10-4-9-26-28)7-8-20(21)22(29)25-16-23-12-18(13-23)15-27(23)14-17-5-2-1-3-6-17/h1-11,18H,12-16H2,(H,25,29). The highest BCUT2D eigenvalue weighted by molar-refractivity contribution is 6.34. The van der Waals surface area contributed by atoms with E-state index in [0.29, 0.717) is 17.1 Å². The summed E-state index contributed by atoms with van der Waals surface area (Å²) in [7, 11) is 0. The summed E-state index contributed by atoms with van der Waals surface area (Å²) in [5.74, 6) is 0.638. The van der Waals surface area contributed by atoms with Crippen LogP contribution in [0.15, 0.2) is 67.0 Å². The number of nitrogens with one attached hydrogen (secondary N) is 1. The Labute approximate surface area is 175 Å². The van der Waals surface area contributed by atoms with Gasteiger partial charge in [-0.15, -0.1) is 0 Å². The SMILES string of the molecule is O=C(NCC12CC(CN1Cc1ccccc1)C2)c1ccc(-n2cccn2)cc1Cl. The highest BCUT2D eigenvalue weighted by Gasteiger charge is 2.55. The minimum atomic E-state index is -0.119. The van der Waals surface area contributed by atoms with E-state index < -0.39 is 0 Å². The molecule has 2 bridgehead atoms. The van der Waals surface area contributed by atoms with Crippen molar-refractivity contribution in [2.45, 2.75) is 24.9 Å². The smallest absolute Gasteiger partial charge is 0.252 e. The maximum atomic E-state index is 12.8. The molecule has 3 fully saturated rings. The average Bonchev–Trinajstić information content (AvgIpc) is 3.42. The van der Waals surface area contributed by atoms with Crippen LogP contribution in [-0.4, -0.2) is 39.2 Å². The van der Waals surface area contributed by atoms with Gasteiger partial charge in [-0.25, -0.2) is 4.68 Å². The van der Waals surface area contributed by atoms with Crippen molar-refractivity contribution in [1.29, 1.82) is 0 Å². The van der Waals surface area contributed by atoms with Gasteiger partial charge in [-0.1, -0.05) is 41.9 Å². The lowest BCUT2D eigenvalue weighted by atomic mass is 9.73. The molecule has 0 atom stereocenters. The molecule has 6 heteroatoms. The second-order valence-electron chi connectivity index (χ2n) is 8.16. The Hall–Kier alpha value is -2.63. The molecule has 1 amide bonds. The fraction of sp³-hybridized carbons (Fsp3) is 0.304. The number of carbonyl (C=O) groups excluding carboxylic acids is 1. The van der Waals surface area contributed by atoms with Crippen molar-refractivity contribution in [3.8, 4) is 5.69 Å². The van der Waals surface area contributed by atoms with E-state index in [0.717, 1.165) is 37.5 Å². The van der Waals surface area contributed by atoms with E-state index in [4.69, 9.17) is 11.6 Å². The van der Waals surface area contributed by atoms with Gasteiger partial charge in [0.15, 0.2) is 0 Å². The molecule has 0 spiro atoms. The van der Waals surface area contributed by atoms with Gasteiger partial charge in [0.05, 0.1) is 16.3 Å². The lowest BCUT2D eigenvalue weighted by molar-refractivity contribution is 0.0798. The molecule has 2 saturated heterocycles. The lowest BCUT2D eigenvalue weighted by Gasteiger charge is -2.42. The minimum Gasteiger partial charge on any atom is -0.350 e. The molecule has 1 saturated carbocycles. The lowest BCUT2D eigenvalue weighted by Crippen LogP contribution is -2.53. The van der Waals surface area contributed by atoms with Crippen molar-refractivity contribution in [1.82, 2.24) is 20.0 Å². The summed E-state index contributed by atoms with van der Waals surface area (Å²) in [4.78, 5) is 15.3. The normalized spacial score (nSPS) is 23.0. The van der Waals surface area contributed by atoms with Gasteiger partial charge in [-0.2, -0.15) is 5.10 Å². The Morgan fingerprint density at radius 1 is 1.17 bits per heavy atom. The van der Waals surface area contributed by atoms with Crippen LogP contribution in [0.2, 0.25) is 5.02 Å². The van der Waals surface area contributed by atoms with Gasteiger partial charge in [0.2, 0.25) is 0 Å². The molecule has 6 rings (SSSR count). The van der Waals surface area contributed by atoms with Crippen LogP contribution in [0.4, 0.5) is 0 Å².